The molecular formula is C7H13N3. The summed E-state index contributed by atoms with van der Waals surface area (Å²) in [5.74, 6) is 0. The molecule has 0 bridgehead atoms. The number of rotatable bonds is 0. The van der Waals surface area contributed by atoms with Crippen LogP contribution >= 0.6 is 0 Å². The molecule has 0 aromatic rings. The normalized spacial score (nSPS) is 38.3. The van der Waals surface area contributed by atoms with Gasteiger partial charge in [0.15, 0.2) is 0 Å². The molecule has 4 N–H and O–H groups in total. The first-order valence-electron chi connectivity index (χ1n) is 3.84. The van der Waals surface area contributed by atoms with E-state index in [-0.39, 0.29) is 6.29 Å². The van der Waals surface area contributed by atoms with Crippen molar-refractivity contribution in [3.63, 3.8) is 0 Å². The van der Waals surface area contributed by atoms with E-state index < -0.39 is 0 Å². The molecular weight excluding hydrogens is 126 g/mol. The predicted molar refractivity (Wildman–Crippen MR) is 40.0 cm³/mol. The Morgan fingerprint density at radius 3 is 3.30 bits per heavy atom. The summed E-state index contributed by atoms with van der Waals surface area (Å²) in [6, 6.07) is 0.517. The van der Waals surface area contributed by atoms with Crippen LogP contribution in [-0.2, 0) is 0 Å². The Morgan fingerprint density at radius 2 is 2.50 bits per heavy atom. The zero-order valence-electron chi connectivity index (χ0n) is 5.93. The van der Waals surface area contributed by atoms with Gasteiger partial charge in [0.1, 0.15) is 6.29 Å². The van der Waals surface area contributed by atoms with Gasteiger partial charge < -0.3 is 5.32 Å². The van der Waals surface area contributed by atoms with Crippen LogP contribution in [0.5, 0.6) is 0 Å². The molecule has 0 radical (unpaired) electrons. The molecule has 0 aromatic carbocycles. The van der Waals surface area contributed by atoms with Crippen molar-refractivity contribution >= 4 is 0 Å². The molecule has 0 aromatic heterocycles. The van der Waals surface area contributed by atoms with Crippen LogP contribution in [0.25, 0.3) is 0 Å². The topological polar surface area (TPSA) is 50.1 Å². The average molecular weight is 139 g/mol. The Kier molecular flexibility index (Phi) is 1.39. The molecule has 56 valence electrons. The summed E-state index contributed by atoms with van der Waals surface area (Å²) in [5.41, 5.74) is 6.94. The summed E-state index contributed by atoms with van der Waals surface area (Å²) in [6.07, 6.45) is 5.94. The highest BCUT2D eigenvalue weighted by Crippen LogP contribution is 2.19. The van der Waals surface area contributed by atoms with Crippen LogP contribution < -0.4 is 16.4 Å². The van der Waals surface area contributed by atoms with Gasteiger partial charge in [0, 0.05) is 11.7 Å². The first kappa shape index (κ1) is 6.19. The third-order valence-electron chi connectivity index (χ3n) is 2.14. The maximum absolute atomic E-state index is 5.63. The van der Waals surface area contributed by atoms with Crippen molar-refractivity contribution in [2.45, 2.75) is 31.6 Å². The van der Waals surface area contributed by atoms with Gasteiger partial charge in [-0.25, -0.2) is 0 Å². The quantitative estimate of drug-likeness (QED) is 0.438. The molecule has 2 unspecified atom stereocenters. The number of hydrogen-bond donors (Lipinski definition) is 3. The fraction of sp³-hybridized carbons (Fsp3) is 0.714. The molecule has 3 heteroatoms. The van der Waals surface area contributed by atoms with Gasteiger partial charge in [0.25, 0.3) is 0 Å². The molecule has 2 aliphatic rings. The van der Waals surface area contributed by atoms with Gasteiger partial charge in [-0.3, -0.25) is 11.1 Å². The maximum Gasteiger partial charge on any atom is 0.130 e. The van der Waals surface area contributed by atoms with E-state index in [1.807, 2.05) is 0 Å². The van der Waals surface area contributed by atoms with Crippen LogP contribution in [-0.4, -0.2) is 12.3 Å². The Labute approximate surface area is 60.7 Å². The van der Waals surface area contributed by atoms with Crippen molar-refractivity contribution in [1.29, 1.82) is 0 Å². The van der Waals surface area contributed by atoms with E-state index in [1.54, 1.807) is 0 Å². The van der Waals surface area contributed by atoms with Crippen molar-refractivity contribution < 1.29 is 0 Å². The van der Waals surface area contributed by atoms with Crippen LogP contribution in [0.15, 0.2) is 11.8 Å². The molecule has 2 rings (SSSR count). The largest absolute Gasteiger partial charge is 0.360 e. The molecule has 1 aliphatic carbocycles. The molecule has 1 saturated heterocycles. The van der Waals surface area contributed by atoms with Crippen LogP contribution in [0, 0.1) is 0 Å². The van der Waals surface area contributed by atoms with Crippen molar-refractivity contribution in [3.05, 3.63) is 11.8 Å². The minimum absolute atomic E-state index is 0.0191. The molecule has 1 aliphatic heterocycles. The summed E-state index contributed by atoms with van der Waals surface area (Å²) in [4.78, 5) is 0. The fourth-order valence-corrected chi connectivity index (χ4v) is 1.65. The average Bonchev–Trinajstić information content (AvgIpc) is 2.27. The van der Waals surface area contributed by atoms with Crippen LogP contribution in [0.1, 0.15) is 19.3 Å². The minimum Gasteiger partial charge on any atom is -0.360 e. The summed E-state index contributed by atoms with van der Waals surface area (Å²) in [5, 5.41) is 6.44. The number of hydrogen-bond acceptors (Lipinski definition) is 3. The van der Waals surface area contributed by atoms with Crippen molar-refractivity contribution in [2.24, 2.45) is 5.73 Å². The highest BCUT2D eigenvalue weighted by molar-refractivity contribution is 5.16. The lowest BCUT2D eigenvalue weighted by molar-refractivity contribution is 0.506. The van der Waals surface area contributed by atoms with Crippen LogP contribution in [0.2, 0.25) is 0 Å². The molecule has 0 saturated carbocycles. The highest BCUT2D eigenvalue weighted by Gasteiger charge is 2.26. The predicted octanol–water partition coefficient (Wildman–Crippen LogP) is -0.142. The number of nitrogens with one attached hydrogen (secondary N) is 2. The van der Waals surface area contributed by atoms with E-state index in [4.69, 9.17) is 5.73 Å². The molecule has 2 atom stereocenters. The summed E-state index contributed by atoms with van der Waals surface area (Å²) in [6.45, 7) is 0. The Bertz CT molecular complexity index is 164. The monoisotopic (exact) mass is 139 g/mol. The SMILES string of the molecule is NC1NC2=CCCCC2N1. The van der Waals surface area contributed by atoms with Gasteiger partial charge >= 0.3 is 0 Å². The first-order valence-corrected chi connectivity index (χ1v) is 3.84. The van der Waals surface area contributed by atoms with E-state index in [1.165, 1.54) is 25.0 Å². The Morgan fingerprint density at radius 1 is 1.60 bits per heavy atom. The highest BCUT2D eigenvalue weighted by atomic mass is 15.3. The smallest absolute Gasteiger partial charge is 0.130 e. The molecule has 10 heavy (non-hydrogen) atoms. The number of fused-ring (bicyclic) bond motifs is 1. The van der Waals surface area contributed by atoms with Gasteiger partial charge in [-0.1, -0.05) is 6.08 Å². The molecule has 0 amide bonds. The van der Waals surface area contributed by atoms with Gasteiger partial charge in [0.2, 0.25) is 0 Å². The fourth-order valence-electron chi connectivity index (χ4n) is 1.65. The lowest BCUT2D eigenvalue weighted by Crippen LogP contribution is -2.41. The second-order valence-electron chi connectivity index (χ2n) is 2.93. The van der Waals surface area contributed by atoms with Gasteiger partial charge in [-0.05, 0) is 19.3 Å². The second kappa shape index (κ2) is 2.25. The third-order valence-corrected chi connectivity index (χ3v) is 2.14. The van der Waals surface area contributed by atoms with Crippen LogP contribution in [0.3, 0.4) is 0 Å². The molecule has 3 nitrogen and oxygen atoms in total. The van der Waals surface area contributed by atoms with E-state index in [0.717, 1.165) is 0 Å². The summed E-state index contributed by atoms with van der Waals surface area (Å²) < 4.78 is 0. The van der Waals surface area contributed by atoms with Gasteiger partial charge in [-0.2, -0.15) is 0 Å². The molecule has 0 spiro atoms. The lowest BCUT2D eigenvalue weighted by atomic mass is 10.0. The summed E-state index contributed by atoms with van der Waals surface area (Å²) >= 11 is 0. The zero-order valence-corrected chi connectivity index (χ0v) is 5.93. The molecule has 1 fully saturated rings. The van der Waals surface area contributed by atoms with E-state index >= 15 is 0 Å². The van der Waals surface area contributed by atoms with Gasteiger partial charge in [-0.15, -0.1) is 0 Å². The maximum atomic E-state index is 5.63. The lowest BCUT2D eigenvalue weighted by Gasteiger charge is -2.14. The van der Waals surface area contributed by atoms with E-state index in [2.05, 4.69) is 16.7 Å². The van der Waals surface area contributed by atoms with E-state index in [0.29, 0.717) is 6.04 Å². The summed E-state index contributed by atoms with van der Waals surface area (Å²) in [7, 11) is 0. The van der Waals surface area contributed by atoms with Crippen molar-refractivity contribution in [3.8, 4) is 0 Å². The zero-order chi connectivity index (χ0) is 6.97. The van der Waals surface area contributed by atoms with E-state index in [9.17, 15) is 0 Å². The minimum atomic E-state index is -0.0191. The Hall–Kier alpha value is -0.540. The number of nitrogens with two attached hydrogens (primary N) is 1. The Balaban J connectivity index is 2.13. The van der Waals surface area contributed by atoms with Crippen molar-refractivity contribution in [1.82, 2.24) is 10.6 Å². The number of allylic oxidation sites excluding steroid dienone is 1. The van der Waals surface area contributed by atoms with Gasteiger partial charge in [0.05, 0.1) is 0 Å². The van der Waals surface area contributed by atoms with Crippen LogP contribution in [0.4, 0.5) is 0 Å². The third kappa shape index (κ3) is 0.914. The standard InChI is InChI=1S/C7H13N3/c8-7-9-5-3-1-2-4-6(5)10-7/h3,6-7,9-10H,1-2,4,8H2. The first-order chi connectivity index (χ1) is 4.86. The molecule has 1 heterocycles. The second-order valence-corrected chi connectivity index (χ2v) is 2.93. The van der Waals surface area contributed by atoms with Crippen molar-refractivity contribution in [2.75, 3.05) is 0 Å².